The van der Waals surface area contributed by atoms with Crippen LogP contribution in [0.4, 0.5) is 14.6 Å². The van der Waals surface area contributed by atoms with E-state index in [1.807, 2.05) is 0 Å². The fourth-order valence-corrected chi connectivity index (χ4v) is 4.62. The molecule has 2 saturated heterocycles. The molecule has 0 radical (unpaired) electrons. The second-order valence-electron chi connectivity index (χ2n) is 8.38. The van der Waals surface area contributed by atoms with Gasteiger partial charge in [0.2, 0.25) is 0 Å². The number of esters is 1. The van der Waals surface area contributed by atoms with Gasteiger partial charge in [-0.1, -0.05) is 12.1 Å². The van der Waals surface area contributed by atoms with E-state index in [9.17, 15) is 13.6 Å². The molecule has 4 rings (SSSR count). The van der Waals surface area contributed by atoms with Gasteiger partial charge in [-0.15, -0.1) is 0 Å². The van der Waals surface area contributed by atoms with Gasteiger partial charge in [-0.2, -0.15) is 0 Å². The highest BCUT2D eigenvalue weighted by molar-refractivity contribution is 5.81. The standard InChI is InChI=1S/C21H28F2N4O2/c1-29-18(28)5-3-10-26-12-20(21(22,23)15-26)13-27(14-20)11-8-17-7-6-16-4-2-9-24-19(16)25-17/h3,5-7H,2,4,8-15H2,1H3,(H,24,25)/b5-3+. The fourth-order valence-electron chi connectivity index (χ4n) is 4.62. The molecule has 29 heavy (non-hydrogen) atoms. The van der Waals surface area contributed by atoms with Crippen LogP contribution in [-0.2, 0) is 22.4 Å². The van der Waals surface area contributed by atoms with Crippen molar-refractivity contribution in [2.45, 2.75) is 25.2 Å². The number of alkyl halides is 2. The highest BCUT2D eigenvalue weighted by atomic mass is 19.3. The number of aromatic nitrogens is 1. The van der Waals surface area contributed by atoms with E-state index >= 15 is 0 Å². The van der Waals surface area contributed by atoms with Crippen molar-refractivity contribution in [1.29, 1.82) is 0 Å². The van der Waals surface area contributed by atoms with Crippen LogP contribution in [0.1, 0.15) is 17.7 Å². The summed E-state index contributed by atoms with van der Waals surface area (Å²) >= 11 is 0. The van der Waals surface area contributed by atoms with E-state index in [1.165, 1.54) is 18.7 Å². The van der Waals surface area contributed by atoms with Crippen LogP contribution in [0.2, 0.25) is 0 Å². The topological polar surface area (TPSA) is 57.7 Å². The van der Waals surface area contributed by atoms with Crippen LogP contribution in [-0.4, -0.2) is 79.6 Å². The Hall–Kier alpha value is -2.06. The molecule has 6 nitrogen and oxygen atoms in total. The first-order valence-corrected chi connectivity index (χ1v) is 10.2. The minimum absolute atomic E-state index is 0.260. The first-order valence-electron chi connectivity index (χ1n) is 10.2. The summed E-state index contributed by atoms with van der Waals surface area (Å²) < 4.78 is 33.9. The Labute approximate surface area is 169 Å². The molecule has 1 spiro atoms. The summed E-state index contributed by atoms with van der Waals surface area (Å²) in [6.07, 6.45) is 5.84. The molecule has 8 heteroatoms. The van der Waals surface area contributed by atoms with Gasteiger partial charge in [0.15, 0.2) is 0 Å². The molecule has 0 amide bonds. The van der Waals surface area contributed by atoms with Crippen LogP contribution in [0.15, 0.2) is 24.3 Å². The van der Waals surface area contributed by atoms with E-state index in [-0.39, 0.29) is 6.54 Å². The van der Waals surface area contributed by atoms with Gasteiger partial charge in [0, 0.05) is 57.5 Å². The van der Waals surface area contributed by atoms with Crippen molar-refractivity contribution in [3.05, 3.63) is 35.5 Å². The molecular weight excluding hydrogens is 378 g/mol. The lowest BCUT2D eigenvalue weighted by Gasteiger charge is -2.50. The van der Waals surface area contributed by atoms with Crippen LogP contribution in [0, 0.1) is 5.41 Å². The Morgan fingerprint density at radius 1 is 1.28 bits per heavy atom. The average Bonchev–Trinajstić information content (AvgIpc) is 2.95. The molecule has 3 aliphatic heterocycles. The molecule has 1 aromatic heterocycles. The molecule has 158 valence electrons. The number of rotatable bonds is 6. The summed E-state index contributed by atoms with van der Waals surface area (Å²) in [7, 11) is 1.30. The second kappa shape index (κ2) is 7.99. The van der Waals surface area contributed by atoms with Gasteiger partial charge in [0.25, 0.3) is 5.92 Å². The number of carbonyl (C=O) groups excluding carboxylic acids is 1. The number of hydrogen-bond acceptors (Lipinski definition) is 6. The number of nitrogens with zero attached hydrogens (tertiary/aromatic N) is 3. The summed E-state index contributed by atoms with van der Waals surface area (Å²) in [5.41, 5.74) is 1.29. The molecule has 0 aromatic carbocycles. The number of anilines is 1. The van der Waals surface area contributed by atoms with Crippen molar-refractivity contribution >= 4 is 11.8 Å². The van der Waals surface area contributed by atoms with E-state index in [0.29, 0.717) is 26.2 Å². The normalized spacial score (nSPS) is 23.0. The van der Waals surface area contributed by atoms with Crippen molar-refractivity contribution in [1.82, 2.24) is 14.8 Å². The molecule has 0 saturated carbocycles. The smallest absolute Gasteiger partial charge is 0.330 e. The third-order valence-corrected chi connectivity index (χ3v) is 6.23. The minimum atomic E-state index is -2.71. The van der Waals surface area contributed by atoms with Crippen molar-refractivity contribution in [3.8, 4) is 0 Å². The van der Waals surface area contributed by atoms with Gasteiger partial charge in [0.05, 0.1) is 19.1 Å². The monoisotopic (exact) mass is 406 g/mol. The lowest BCUT2D eigenvalue weighted by Crippen LogP contribution is -2.64. The maximum Gasteiger partial charge on any atom is 0.330 e. The molecule has 3 aliphatic rings. The Morgan fingerprint density at radius 3 is 2.86 bits per heavy atom. The van der Waals surface area contributed by atoms with Crippen molar-refractivity contribution in [2.75, 3.05) is 58.2 Å². The van der Waals surface area contributed by atoms with Crippen LogP contribution in [0.5, 0.6) is 0 Å². The Kier molecular flexibility index (Phi) is 5.57. The molecule has 4 heterocycles. The predicted molar refractivity (Wildman–Crippen MR) is 106 cm³/mol. The zero-order chi connectivity index (χ0) is 20.5. The quantitative estimate of drug-likeness (QED) is 0.576. The summed E-state index contributed by atoms with van der Waals surface area (Å²) in [5.74, 6) is -2.20. The first kappa shape index (κ1) is 20.2. The number of pyridine rings is 1. The molecule has 0 unspecified atom stereocenters. The van der Waals surface area contributed by atoms with Crippen LogP contribution >= 0.6 is 0 Å². The van der Waals surface area contributed by atoms with Crippen LogP contribution < -0.4 is 5.32 Å². The number of ether oxygens (including phenoxy) is 1. The van der Waals surface area contributed by atoms with Crippen molar-refractivity contribution in [2.24, 2.45) is 5.41 Å². The number of halogens is 2. The second-order valence-corrected chi connectivity index (χ2v) is 8.38. The maximum absolute atomic E-state index is 14.7. The third kappa shape index (κ3) is 4.14. The highest BCUT2D eigenvalue weighted by Gasteiger charge is 2.64. The fraction of sp³-hybridized carbons (Fsp3) is 0.619. The van der Waals surface area contributed by atoms with Gasteiger partial charge < -0.3 is 15.0 Å². The maximum atomic E-state index is 14.7. The van der Waals surface area contributed by atoms with Gasteiger partial charge in [-0.05, 0) is 24.5 Å². The molecule has 0 atom stereocenters. The van der Waals surface area contributed by atoms with E-state index in [2.05, 4.69) is 32.1 Å². The summed E-state index contributed by atoms with van der Waals surface area (Å²) in [6.45, 7) is 2.93. The number of carbonyl (C=O) groups is 1. The van der Waals surface area contributed by atoms with Crippen LogP contribution in [0.25, 0.3) is 0 Å². The van der Waals surface area contributed by atoms with Gasteiger partial charge in [-0.3, -0.25) is 4.90 Å². The third-order valence-electron chi connectivity index (χ3n) is 6.23. The summed E-state index contributed by atoms with van der Waals surface area (Å²) in [5, 5.41) is 3.34. The van der Waals surface area contributed by atoms with Crippen LogP contribution in [0.3, 0.4) is 0 Å². The number of hydrogen-bond donors (Lipinski definition) is 1. The minimum Gasteiger partial charge on any atom is -0.466 e. The largest absolute Gasteiger partial charge is 0.466 e. The molecular formula is C21H28F2N4O2. The highest BCUT2D eigenvalue weighted by Crippen LogP contribution is 2.49. The lowest BCUT2D eigenvalue weighted by molar-refractivity contribution is -0.156. The molecule has 0 bridgehead atoms. The van der Waals surface area contributed by atoms with Gasteiger partial charge in [-0.25, -0.2) is 18.6 Å². The summed E-state index contributed by atoms with van der Waals surface area (Å²) in [4.78, 5) is 19.6. The van der Waals surface area contributed by atoms with Gasteiger partial charge >= 0.3 is 5.97 Å². The van der Waals surface area contributed by atoms with Crippen molar-refractivity contribution < 1.29 is 18.3 Å². The Morgan fingerprint density at radius 2 is 2.07 bits per heavy atom. The molecule has 0 aliphatic carbocycles. The Bertz CT molecular complexity index is 793. The number of fused-ring (bicyclic) bond motifs is 1. The van der Waals surface area contributed by atoms with Gasteiger partial charge in [0.1, 0.15) is 5.82 Å². The number of likely N-dealkylation sites (tertiary alicyclic amines) is 2. The van der Waals surface area contributed by atoms with Crippen molar-refractivity contribution in [3.63, 3.8) is 0 Å². The van der Waals surface area contributed by atoms with E-state index in [4.69, 9.17) is 0 Å². The number of methoxy groups -OCH3 is 1. The summed E-state index contributed by atoms with van der Waals surface area (Å²) in [6, 6.07) is 4.19. The molecule has 2 fully saturated rings. The average molecular weight is 406 g/mol. The number of nitrogens with one attached hydrogen (secondary N) is 1. The molecule has 1 aromatic rings. The lowest BCUT2D eigenvalue weighted by atomic mass is 9.76. The first-order chi connectivity index (χ1) is 13.9. The van der Waals surface area contributed by atoms with E-state index in [1.54, 1.807) is 11.0 Å². The zero-order valence-electron chi connectivity index (χ0n) is 16.8. The Balaban J connectivity index is 1.28. The van der Waals surface area contributed by atoms with E-state index < -0.39 is 17.3 Å². The zero-order valence-corrected chi connectivity index (χ0v) is 16.8. The number of aryl methyl sites for hydroxylation is 1. The predicted octanol–water partition coefficient (Wildman–Crippen LogP) is 1.96. The molecule has 1 N–H and O–H groups in total. The van der Waals surface area contributed by atoms with E-state index in [0.717, 1.165) is 43.9 Å². The SMILES string of the molecule is COC(=O)/C=C/CN1CC(F)(F)C2(C1)CN(CCc1ccc3c(n1)NCCC3)C2.